The van der Waals surface area contributed by atoms with E-state index in [1.54, 1.807) is 7.05 Å². The first-order valence-corrected chi connectivity index (χ1v) is 8.68. The fraction of sp³-hybridized carbons (Fsp3) is 0.500. The largest absolute Gasteiger partial charge is 0.354 e. The summed E-state index contributed by atoms with van der Waals surface area (Å²) in [6.45, 7) is 3.86. The third-order valence-electron chi connectivity index (χ3n) is 4.42. The molecule has 0 saturated heterocycles. The van der Waals surface area contributed by atoms with E-state index in [1.165, 1.54) is 12.0 Å². The van der Waals surface area contributed by atoms with Gasteiger partial charge in [0.15, 0.2) is 11.8 Å². The lowest BCUT2D eigenvalue weighted by Crippen LogP contribution is -2.42. The van der Waals surface area contributed by atoms with Gasteiger partial charge in [0.2, 0.25) is 0 Å². The molecular formula is C18H27IN6. The van der Waals surface area contributed by atoms with E-state index in [4.69, 9.17) is 0 Å². The Balaban J connectivity index is 0.00000225. The normalized spacial score (nSPS) is 14.6. The van der Waals surface area contributed by atoms with Gasteiger partial charge in [-0.15, -0.1) is 34.2 Å². The number of hydrogen-bond donors (Lipinski definition) is 2. The van der Waals surface area contributed by atoms with Gasteiger partial charge in [-0.3, -0.25) is 4.99 Å². The van der Waals surface area contributed by atoms with Gasteiger partial charge >= 0.3 is 0 Å². The second-order valence-corrected chi connectivity index (χ2v) is 6.28. The lowest BCUT2D eigenvalue weighted by molar-refractivity contribution is 0.587. The molecule has 1 aromatic heterocycles. The van der Waals surface area contributed by atoms with Crippen molar-refractivity contribution in [2.75, 3.05) is 7.05 Å². The SMILES string of the molecule is CN=C(NCc1nnc2n1CCC2)NC(C)CCc1ccccc1.I. The Morgan fingerprint density at radius 2 is 2.08 bits per heavy atom. The number of benzene rings is 1. The van der Waals surface area contributed by atoms with E-state index in [0.29, 0.717) is 12.6 Å². The molecule has 7 heteroatoms. The number of nitrogens with zero attached hydrogens (tertiary/aromatic N) is 4. The molecule has 1 aromatic carbocycles. The van der Waals surface area contributed by atoms with Gasteiger partial charge in [-0.2, -0.15) is 0 Å². The van der Waals surface area contributed by atoms with Gasteiger partial charge in [0.25, 0.3) is 0 Å². The number of hydrogen-bond acceptors (Lipinski definition) is 3. The Morgan fingerprint density at radius 3 is 2.84 bits per heavy atom. The highest BCUT2D eigenvalue weighted by atomic mass is 127. The van der Waals surface area contributed by atoms with Gasteiger partial charge in [-0.1, -0.05) is 30.3 Å². The Hall–Kier alpha value is -1.64. The number of guanidine groups is 1. The van der Waals surface area contributed by atoms with Crippen molar-refractivity contribution in [1.82, 2.24) is 25.4 Å². The Labute approximate surface area is 166 Å². The first-order chi connectivity index (χ1) is 11.8. The molecule has 3 rings (SSSR count). The van der Waals surface area contributed by atoms with Crippen LogP contribution in [0, 0.1) is 0 Å². The van der Waals surface area contributed by atoms with Crippen LogP contribution in [0.4, 0.5) is 0 Å². The zero-order chi connectivity index (χ0) is 16.8. The highest BCUT2D eigenvalue weighted by Crippen LogP contribution is 2.13. The number of aryl methyl sites for hydroxylation is 2. The summed E-state index contributed by atoms with van der Waals surface area (Å²) in [5, 5.41) is 15.3. The van der Waals surface area contributed by atoms with Crippen LogP contribution < -0.4 is 10.6 Å². The second kappa shape index (κ2) is 9.74. The van der Waals surface area contributed by atoms with Crippen LogP contribution in [-0.2, 0) is 25.9 Å². The molecule has 25 heavy (non-hydrogen) atoms. The number of aromatic nitrogens is 3. The van der Waals surface area contributed by atoms with E-state index in [2.05, 4.69) is 67.6 Å². The van der Waals surface area contributed by atoms with Crippen LogP contribution >= 0.6 is 24.0 Å². The molecule has 0 radical (unpaired) electrons. The molecule has 1 aliphatic heterocycles. The average Bonchev–Trinajstić information content (AvgIpc) is 3.22. The van der Waals surface area contributed by atoms with Gasteiger partial charge in [-0.05, 0) is 31.7 Å². The molecule has 2 N–H and O–H groups in total. The van der Waals surface area contributed by atoms with E-state index in [0.717, 1.165) is 43.4 Å². The zero-order valence-electron chi connectivity index (χ0n) is 14.9. The fourth-order valence-electron chi connectivity index (χ4n) is 3.03. The maximum atomic E-state index is 4.31. The van der Waals surface area contributed by atoms with Crippen molar-refractivity contribution in [3.05, 3.63) is 47.5 Å². The summed E-state index contributed by atoms with van der Waals surface area (Å²) < 4.78 is 2.21. The standard InChI is InChI=1S/C18H26N6.HI/c1-14(10-11-15-7-4-3-5-8-15)21-18(19-2)20-13-17-23-22-16-9-6-12-24(16)17;/h3-5,7-8,14H,6,9-13H2,1-2H3,(H2,19,20,21);1H. The van der Waals surface area contributed by atoms with Crippen LogP contribution in [0.5, 0.6) is 0 Å². The van der Waals surface area contributed by atoms with Crippen molar-refractivity contribution in [2.45, 2.75) is 51.7 Å². The third-order valence-corrected chi connectivity index (χ3v) is 4.42. The van der Waals surface area contributed by atoms with Crippen molar-refractivity contribution >= 4 is 29.9 Å². The predicted octanol–water partition coefficient (Wildman–Crippen LogP) is 2.53. The Kier molecular flexibility index (Phi) is 7.67. The number of aliphatic imine (C=N–C) groups is 1. The highest BCUT2D eigenvalue weighted by Gasteiger charge is 2.17. The molecule has 1 unspecified atom stereocenters. The lowest BCUT2D eigenvalue weighted by atomic mass is 10.1. The topological polar surface area (TPSA) is 67.1 Å². The second-order valence-electron chi connectivity index (χ2n) is 6.28. The van der Waals surface area contributed by atoms with Crippen molar-refractivity contribution < 1.29 is 0 Å². The highest BCUT2D eigenvalue weighted by molar-refractivity contribution is 14.0. The summed E-state index contributed by atoms with van der Waals surface area (Å²) in [7, 11) is 1.80. The maximum absolute atomic E-state index is 4.31. The molecule has 2 heterocycles. The number of rotatable bonds is 6. The molecule has 0 bridgehead atoms. The molecule has 6 nitrogen and oxygen atoms in total. The van der Waals surface area contributed by atoms with Crippen LogP contribution in [0.25, 0.3) is 0 Å². The number of halogens is 1. The van der Waals surface area contributed by atoms with E-state index in [1.807, 2.05) is 0 Å². The Morgan fingerprint density at radius 1 is 1.28 bits per heavy atom. The summed E-state index contributed by atoms with van der Waals surface area (Å²) in [6, 6.07) is 10.9. The predicted molar refractivity (Wildman–Crippen MR) is 111 cm³/mol. The molecule has 1 aliphatic rings. The molecule has 0 saturated carbocycles. The van der Waals surface area contributed by atoms with E-state index < -0.39 is 0 Å². The van der Waals surface area contributed by atoms with Crippen molar-refractivity contribution in [1.29, 1.82) is 0 Å². The van der Waals surface area contributed by atoms with Crippen LogP contribution in [0.3, 0.4) is 0 Å². The van der Waals surface area contributed by atoms with Crippen molar-refractivity contribution in [3.8, 4) is 0 Å². The van der Waals surface area contributed by atoms with E-state index in [9.17, 15) is 0 Å². The van der Waals surface area contributed by atoms with E-state index in [-0.39, 0.29) is 24.0 Å². The maximum Gasteiger partial charge on any atom is 0.191 e. The minimum atomic E-state index is 0. The molecule has 0 aliphatic carbocycles. The lowest BCUT2D eigenvalue weighted by Gasteiger charge is -2.18. The van der Waals surface area contributed by atoms with Gasteiger partial charge in [0, 0.05) is 26.1 Å². The van der Waals surface area contributed by atoms with Gasteiger partial charge in [0.05, 0.1) is 6.54 Å². The summed E-state index contributed by atoms with van der Waals surface area (Å²) >= 11 is 0. The summed E-state index contributed by atoms with van der Waals surface area (Å²) in [5.41, 5.74) is 1.37. The van der Waals surface area contributed by atoms with Crippen LogP contribution in [-0.4, -0.2) is 33.8 Å². The van der Waals surface area contributed by atoms with Crippen molar-refractivity contribution in [2.24, 2.45) is 4.99 Å². The smallest absolute Gasteiger partial charge is 0.191 e. The molecule has 0 amide bonds. The monoisotopic (exact) mass is 454 g/mol. The zero-order valence-corrected chi connectivity index (χ0v) is 17.2. The fourth-order valence-corrected chi connectivity index (χ4v) is 3.03. The van der Waals surface area contributed by atoms with Crippen LogP contribution in [0.2, 0.25) is 0 Å². The average molecular weight is 454 g/mol. The third kappa shape index (κ3) is 5.42. The van der Waals surface area contributed by atoms with E-state index >= 15 is 0 Å². The summed E-state index contributed by atoms with van der Waals surface area (Å²) in [4.78, 5) is 4.31. The van der Waals surface area contributed by atoms with Gasteiger partial charge in [0.1, 0.15) is 5.82 Å². The number of nitrogens with one attached hydrogen (secondary N) is 2. The number of fused-ring (bicyclic) bond motifs is 1. The molecule has 0 fully saturated rings. The van der Waals surface area contributed by atoms with Gasteiger partial charge in [-0.25, -0.2) is 0 Å². The minimum absolute atomic E-state index is 0. The first kappa shape index (κ1) is 19.7. The summed E-state index contributed by atoms with van der Waals surface area (Å²) in [6.07, 6.45) is 4.33. The van der Waals surface area contributed by atoms with Crippen LogP contribution in [0.15, 0.2) is 35.3 Å². The molecule has 1 atom stereocenters. The Bertz CT molecular complexity index is 682. The minimum Gasteiger partial charge on any atom is -0.354 e. The van der Waals surface area contributed by atoms with Crippen LogP contribution in [0.1, 0.15) is 37.0 Å². The van der Waals surface area contributed by atoms with Gasteiger partial charge < -0.3 is 15.2 Å². The molecular weight excluding hydrogens is 427 g/mol. The van der Waals surface area contributed by atoms with Crippen molar-refractivity contribution in [3.63, 3.8) is 0 Å². The molecule has 2 aromatic rings. The first-order valence-electron chi connectivity index (χ1n) is 8.68. The quantitative estimate of drug-likeness (QED) is 0.400. The molecule has 0 spiro atoms. The molecule has 136 valence electrons. The summed E-state index contributed by atoms with van der Waals surface area (Å²) in [5.74, 6) is 2.90.